The zero-order valence-electron chi connectivity index (χ0n) is 17.2. The molecule has 5 rings (SSSR count). The van der Waals surface area contributed by atoms with E-state index in [9.17, 15) is 17.2 Å². The van der Waals surface area contributed by atoms with Gasteiger partial charge >= 0.3 is 0 Å². The van der Waals surface area contributed by atoms with Crippen LogP contribution < -0.4 is 0 Å². The molecule has 3 heterocycles. The second-order valence-electron chi connectivity index (χ2n) is 8.16. The Morgan fingerprint density at radius 3 is 2.78 bits per heavy atom. The molecule has 2 aromatic heterocycles. The third-order valence-electron chi connectivity index (χ3n) is 6.01. The highest BCUT2D eigenvalue weighted by atomic mass is 32.2. The minimum atomic E-state index is -4.15. The number of sulfonamides is 1. The van der Waals surface area contributed by atoms with Crippen LogP contribution in [0.4, 0.5) is 8.78 Å². The maximum atomic E-state index is 14.2. The van der Waals surface area contributed by atoms with Gasteiger partial charge in [0.1, 0.15) is 4.90 Å². The molecule has 2 atom stereocenters. The molecular formula is C22H21F2N5O2S. The number of aromatic amines is 1. The number of nitrogens with one attached hydrogen (secondary N) is 1. The van der Waals surface area contributed by atoms with Gasteiger partial charge in [0.25, 0.3) is 0 Å². The highest BCUT2D eigenvalue weighted by molar-refractivity contribution is 7.89. The predicted octanol–water partition coefficient (Wildman–Crippen LogP) is 3.80. The minimum Gasteiger partial charge on any atom is -0.285 e. The van der Waals surface area contributed by atoms with E-state index < -0.39 is 26.6 Å². The van der Waals surface area contributed by atoms with Crippen LogP contribution in [0.25, 0.3) is 22.0 Å². The number of aromatic nitrogens is 4. The molecule has 1 fully saturated rings. The lowest BCUT2D eigenvalue weighted by molar-refractivity contribution is 0.391. The minimum absolute atomic E-state index is 0.00644. The first-order chi connectivity index (χ1) is 15.3. The average molecular weight is 458 g/mol. The van der Waals surface area contributed by atoms with E-state index in [2.05, 4.69) is 15.3 Å². The number of hydrogen-bond acceptors (Lipinski definition) is 4. The van der Waals surface area contributed by atoms with E-state index >= 15 is 0 Å². The van der Waals surface area contributed by atoms with Gasteiger partial charge in [-0.3, -0.25) is 9.78 Å². The largest absolute Gasteiger partial charge is 0.285 e. The molecule has 0 saturated carbocycles. The van der Waals surface area contributed by atoms with Gasteiger partial charge in [-0.15, -0.1) is 0 Å². The van der Waals surface area contributed by atoms with Crippen molar-refractivity contribution in [3.05, 3.63) is 66.6 Å². The van der Waals surface area contributed by atoms with Gasteiger partial charge in [0.05, 0.1) is 17.9 Å². The van der Waals surface area contributed by atoms with Crippen molar-refractivity contribution < 1.29 is 17.2 Å². The van der Waals surface area contributed by atoms with Gasteiger partial charge in [-0.05, 0) is 49.1 Å². The predicted molar refractivity (Wildman–Crippen MR) is 115 cm³/mol. The van der Waals surface area contributed by atoms with Crippen LogP contribution in [-0.2, 0) is 16.6 Å². The lowest BCUT2D eigenvalue weighted by Gasteiger charge is -2.21. The SMILES string of the molecule is C[C@@H]1CC(Cn2ncc3cc(-c4cn[nH]c4)ccc32)CN1S(=O)(=O)c1cccc(F)c1F. The first-order valence-electron chi connectivity index (χ1n) is 10.2. The fraction of sp³-hybridized carbons (Fsp3) is 0.273. The molecular weight excluding hydrogens is 436 g/mol. The molecule has 0 radical (unpaired) electrons. The third kappa shape index (κ3) is 3.49. The monoisotopic (exact) mass is 457 g/mol. The quantitative estimate of drug-likeness (QED) is 0.494. The molecule has 0 bridgehead atoms. The molecule has 0 spiro atoms. The first kappa shape index (κ1) is 20.8. The van der Waals surface area contributed by atoms with Gasteiger partial charge in [0.2, 0.25) is 10.0 Å². The van der Waals surface area contributed by atoms with Crippen LogP contribution in [0.3, 0.4) is 0 Å². The zero-order chi connectivity index (χ0) is 22.5. The Hall–Kier alpha value is -3.11. The van der Waals surface area contributed by atoms with Crippen molar-refractivity contribution in [2.45, 2.75) is 30.8 Å². The van der Waals surface area contributed by atoms with E-state index in [-0.39, 0.29) is 18.5 Å². The molecule has 0 amide bonds. The molecule has 4 aromatic rings. The molecule has 166 valence electrons. The summed E-state index contributed by atoms with van der Waals surface area (Å²) in [5.74, 6) is -2.52. The van der Waals surface area contributed by atoms with Crippen molar-refractivity contribution in [2.75, 3.05) is 6.54 Å². The summed E-state index contributed by atoms with van der Waals surface area (Å²) in [7, 11) is -4.15. The molecule has 10 heteroatoms. The summed E-state index contributed by atoms with van der Waals surface area (Å²) in [6.07, 6.45) is 5.96. The summed E-state index contributed by atoms with van der Waals surface area (Å²) >= 11 is 0. The molecule has 1 N–H and O–H groups in total. The molecule has 2 aromatic carbocycles. The molecule has 1 aliphatic heterocycles. The number of halogens is 2. The second kappa shape index (κ2) is 7.79. The van der Waals surface area contributed by atoms with E-state index in [0.29, 0.717) is 13.0 Å². The third-order valence-corrected chi connectivity index (χ3v) is 8.01. The van der Waals surface area contributed by atoms with Gasteiger partial charge < -0.3 is 0 Å². The number of nitrogens with zero attached hydrogens (tertiary/aromatic N) is 4. The van der Waals surface area contributed by atoms with Crippen molar-refractivity contribution in [1.29, 1.82) is 0 Å². The van der Waals surface area contributed by atoms with Crippen molar-refractivity contribution in [3.8, 4) is 11.1 Å². The number of fused-ring (bicyclic) bond motifs is 1. The summed E-state index contributed by atoms with van der Waals surface area (Å²) in [6, 6.07) is 8.90. The summed E-state index contributed by atoms with van der Waals surface area (Å²) in [5.41, 5.74) is 2.95. The molecule has 7 nitrogen and oxygen atoms in total. The van der Waals surface area contributed by atoms with Crippen molar-refractivity contribution >= 4 is 20.9 Å². The second-order valence-corrected chi connectivity index (χ2v) is 10.0. The molecule has 1 unspecified atom stereocenters. The van der Waals surface area contributed by atoms with Gasteiger partial charge in [-0.2, -0.15) is 14.5 Å². The fourth-order valence-corrected chi connectivity index (χ4v) is 6.25. The van der Waals surface area contributed by atoms with E-state index in [0.717, 1.165) is 34.2 Å². The Bertz CT molecular complexity index is 1380. The average Bonchev–Trinajstić information content (AvgIpc) is 3.50. The van der Waals surface area contributed by atoms with Crippen LogP contribution in [0.5, 0.6) is 0 Å². The van der Waals surface area contributed by atoms with Gasteiger partial charge in [-0.1, -0.05) is 12.1 Å². The maximum absolute atomic E-state index is 14.2. The Labute approximate surface area is 183 Å². The number of H-pyrrole nitrogens is 1. The van der Waals surface area contributed by atoms with E-state index in [4.69, 9.17) is 0 Å². The fourth-order valence-electron chi connectivity index (χ4n) is 4.45. The number of benzene rings is 2. The van der Waals surface area contributed by atoms with Gasteiger partial charge in [0, 0.05) is 36.3 Å². The molecule has 0 aliphatic carbocycles. The lowest BCUT2D eigenvalue weighted by atomic mass is 10.1. The smallest absolute Gasteiger partial charge is 0.246 e. The highest BCUT2D eigenvalue weighted by Crippen LogP contribution is 2.32. The van der Waals surface area contributed by atoms with Crippen LogP contribution in [0, 0.1) is 17.6 Å². The van der Waals surface area contributed by atoms with Crippen molar-refractivity contribution in [1.82, 2.24) is 24.3 Å². The highest BCUT2D eigenvalue weighted by Gasteiger charge is 2.39. The van der Waals surface area contributed by atoms with Crippen LogP contribution in [0.15, 0.2) is 59.9 Å². The number of hydrogen-bond donors (Lipinski definition) is 1. The van der Waals surface area contributed by atoms with Crippen LogP contribution in [-0.4, -0.2) is 45.3 Å². The Morgan fingerprint density at radius 1 is 1.16 bits per heavy atom. The standard InChI is InChI=1S/C22H21F2N5O2S/c1-14-7-15(13-29(14)32(30,31)21-4-2-3-19(23)22(21)24)12-28-20-6-5-16(8-17(20)11-27-28)18-9-25-26-10-18/h2-6,8-11,14-15H,7,12-13H2,1H3,(H,25,26)/t14-,15?/m1/s1. The van der Waals surface area contributed by atoms with Gasteiger partial charge in [0.15, 0.2) is 11.6 Å². The summed E-state index contributed by atoms with van der Waals surface area (Å²) < 4.78 is 57.0. The zero-order valence-corrected chi connectivity index (χ0v) is 18.1. The van der Waals surface area contributed by atoms with Crippen LogP contribution >= 0.6 is 0 Å². The van der Waals surface area contributed by atoms with E-state index in [1.165, 1.54) is 10.4 Å². The first-order valence-corrected chi connectivity index (χ1v) is 11.7. The summed E-state index contributed by atoms with van der Waals surface area (Å²) in [5, 5.41) is 12.2. The Morgan fingerprint density at radius 2 is 2.00 bits per heavy atom. The number of rotatable bonds is 5. The molecule has 1 saturated heterocycles. The normalized spacial score (nSPS) is 19.7. The van der Waals surface area contributed by atoms with Gasteiger partial charge in [-0.25, -0.2) is 17.2 Å². The van der Waals surface area contributed by atoms with E-state index in [1.54, 1.807) is 19.3 Å². The van der Waals surface area contributed by atoms with Crippen molar-refractivity contribution in [3.63, 3.8) is 0 Å². The van der Waals surface area contributed by atoms with Crippen molar-refractivity contribution in [2.24, 2.45) is 5.92 Å². The topological polar surface area (TPSA) is 83.9 Å². The van der Waals surface area contributed by atoms with E-state index in [1.807, 2.05) is 29.1 Å². The Balaban J connectivity index is 1.37. The molecule has 32 heavy (non-hydrogen) atoms. The lowest BCUT2D eigenvalue weighted by Crippen LogP contribution is -2.35. The molecule has 1 aliphatic rings. The summed E-state index contributed by atoms with van der Waals surface area (Å²) in [4.78, 5) is -0.624. The van der Waals surface area contributed by atoms with Crippen LogP contribution in [0.1, 0.15) is 13.3 Å². The van der Waals surface area contributed by atoms with Crippen LogP contribution in [0.2, 0.25) is 0 Å². The Kier molecular flexibility index (Phi) is 5.06. The maximum Gasteiger partial charge on any atom is 0.246 e. The summed E-state index contributed by atoms with van der Waals surface area (Å²) in [6.45, 7) is 2.53.